The predicted octanol–water partition coefficient (Wildman–Crippen LogP) is 3.64. The Hall–Kier alpha value is -0.810. The van der Waals surface area contributed by atoms with E-state index in [0.29, 0.717) is 0 Å². The zero-order valence-electron chi connectivity index (χ0n) is 7.84. The highest BCUT2D eigenvalue weighted by molar-refractivity contribution is 9.10. The Morgan fingerprint density at radius 2 is 1.92 bits per heavy atom. The van der Waals surface area contributed by atoms with Crippen LogP contribution in [-0.2, 0) is 5.41 Å². The number of rotatable bonds is 2. The van der Waals surface area contributed by atoms with E-state index in [2.05, 4.69) is 22.0 Å². The van der Waals surface area contributed by atoms with Gasteiger partial charge in [0.25, 0.3) is 0 Å². The summed E-state index contributed by atoms with van der Waals surface area (Å²) in [5.41, 5.74) is 0.737. The van der Waals surface area contributed by atoms with E-state index in [4.69, 9.17) is 5.26 Å². The Labute approximate surface area is 87.5 Å². The number of halogens is 1. The van der Waals surface area contributed by atoms with E-state index in [1.54, 1.807) is 0 Å². The molecule has 0 aromatic heterocycles. The van der Waals surface area contributed by atoms with Crippen molar-refractivity contribution in [1.29, 1.82) is 5.26 Å². The summed E-state index contributed by atoms with van der Waals surface area (Å²) < 4.78 is 1.05. The van der Waals surface area contributed by atoms with Crippen LogP contribution < -0.4 is 0 Å². The Balaban J connectivity index is 3.08. The molecular formula is C11H12BrN. The maximum absolute atomic E-state index is 9.05. The van der Waals surface area contributed by atoms with Gasteiger partial charge in [0.2, 0.25) is 0 Å². The summed E-state index contributed by atoms with van der Waals surface area (Å²) in [4.78, 5) is 0. The summed E-state index contributed by atoms with van der Waals surface area (Å²) in [6.45, 7) is 4.00. The molecule has 0 heterocycles. The molecule has 1 aromatic rings. The number of hydrogen-bond donors (Lipinski definition) is 0. The first-order valence-corrected chi connectivity index (χ1v) is 5.09. The van der Waals surface area contributed by atoms with Crippen LogP contribution in [0.15, 0.2) is 28.7 Å². The van der Waals surface area contributed by atoms with Gasteiger partial charge in [0.05, 0.1) is 11.5 Å². The van der Waals surface area contributed by atoms with Gasteiger partial charge in [0.15, 0.2) is 0 Å². The fraction of sp³-hybridized carbons (Fsp3) is 0.364. The monoisotopic (exact) mass is 237 g/mol. The Bertz CT molecular complexity index is 323. The third kappa shape index (κ3) is 2.10. The molecule has 0 unspecified atom stereocenters. The number of hydrogen-bond acceptors (Lipinski definition) is 1. The molecule has 0 saturated heterocycles. The van der Waals surface area contributed by atoms with Gasteiger partial charge in [-0.25, -0.2) is 0 Å². The molecule has 0 fully saturated rings. The van der Waals surface area contributed by atoms with Gasteiger partial charge in [-0.3, -0.25) is 0 Å². The van der Waals surface area contributed by atoms with E-state index in [1.807, 2.05) is 38.1 Å². The lowest BCUT2D eigenvalue weighted by Crippen LogP contribution is -2.17. The van der Waals surface area contributed by atoms with Crippen LogP contribution in [0.4, 0.5) is 0 Å². The molecule has 1 nitrogen and oxygen atoms in total. The molecule has 1 atom stereocenters. The van der Waals surface area contributed by atoms with E-state index < -0.39 is 0 Å². The first kappa shape index (κ1) is 10.3. The van der Waals surface area contributed by atoms with Crippen molar-refractivity contribution in [2.45, 2.75) is 25.7 Å². The smallest absolute Gasteiger partial charge is 0.0791 e. The van der Waals surface area contributed by atoms with Crippen LogP contribution in [0.2, 0.25) is 0 Å². The Kier molecular flexibility index (Phi) is 3.11. The molecule has 0 radical (unpaired) electrons. The molecule has 0 aliphatic carbocycles. The van der Waals surface area contributed by atoms with E-state index in [1.165, 1.54) is 0 Å². The SMILES string of the molecule is CC[C@](C)(C#N)c1ccc(Br)cc1. The maximum atomic E-state index is 9.05. The van der Waals surface area contributed by atoms with Crippen molar-refractivity contribution in [3.05, 3.63) is 34.3 Å². The van der Waals surface area contributed by atoms with Crippen molar-refractivity contribution in [3.63, 3.8) is 0 Å². The zero-order chi connectivity index (χ0) is 9.90. The van der Waals surface area contributed by atoms with Crippen molar-refractivity contribution >= 4 is 15.9 Å². The normalized spacial score (nSPS) is 14.6. The molecule has 2 heteroatoms. The summed E-state index contributed by atoms with van der Waals surface area (Å²) in [5.74, 6) is 0. The van der Waals surface area contributed by atoms with Crippen LogP contribution in [0.5, 0.6) is 0 Å². The third-order valence-electron chi connectivity index (χ3n) is 2.44. The molecule has 1 rings (SSSR count). The average Bonchev–Trinajstić information content (AvgIpc) is 2.18. The molecule has 0 aliphatic rings. The molecular weight excluding hydrogens is 226 g/mol. The van der Waals surface area contributed by atoms with E-state index >= 15 is 0 Å². The molecule has 68 valence electrons. The van der Waals surface area contributed by atoms with Crippen molar-refractivity contribution in [2.24, 2.45) is 0 Å². The van der Waals surface area contributed by atoms with Crippen LogP contribution >= 0.6 is 15.9 Å². The third-order valence-corrected chi connectivity index (χ3v) is 2.96. The minimum atomic E-state index is -0.347. The second-order valence-electron chi connectivity index (χ2n) is 3.30. The molecule has 0 bridgehead atoms. The van der Waals surface area contributed by atoms with E-state index in [-0.39, 0.29) is 5.41 Å². The molecule has 0 spiro atoms. The quantitative estimate of drug-likeness (QED) is 0.771. The largest absolute Gasteiger partial charge is 0.197 e. The molecule has 0 amide bonds. The lowest BCUT2D eigenvalue weighted by atomic mass is 9.82. The first-order chi connectivity index (χ1) is 6.12. The van der Waals surface area contributed by atoms with Crippen molar-refractivity contribution in [1.82, 2.24) is 0 Å². The second-order valence-corrected chi connectivity index (χ2v) is 4.22. The lowest BCUT2D eigenvalue weighted by Gasteiger charge is -2.19. The highest BCUT2D eigenvalue weighted by Gasteiger charge is 2.23. The fourth-order valence-electron chi connectivity index (χ4n) is 1.17. The standard InChI is InChI=1S/C11H12BrN/c1-3-11(2,8-13)9-4-6-10(12)7-5-9/h4-7H,3H2,1-2H3/t11-/m1/s1. The minimum absolute atomic E-state index is 0.347. The fourth-order valence-corrected chi connectivity index (χ4v) is 1.43. The molecule has 13 heavy (non-hydrogen) atoms. The summed E-state index contributed by atoms with van der Waals surface area (Å²) in [7, 11) is 0. The lowest BCUT2D eigenvalue weighted by molar-refractivity contribution is 0.587. The Morgan fingerprint density at radius 1 is 1.38 bits per heavy atom. The van der Waals surface area contributed by atoms with Gasteiger partial charge in [0.1, 0.15) is 0 Å². The van der Waals surface area contributed by atoms with Crippen LogP contribution in [0.25, 0.3) is 0 Å². The predicted molar refractivity (Wildman–Crippen MR) is 57.4 cm³/mol. The van der Waals surface area contributed by atoms with Crippen LogP contribution in [0.3, 0.4) is 0 Å². The van der Waals surface area contributed by atoms with Gasteiger partial charge >= 0.3 is 0 Å². The van der Waals surface area contributed by atoms with E-state index in [9.17, 15) is 0 Å². The minimum Gasteiger partial charge on any atom is -0.197 e. The molecule has 1 aromatic carbocycles. The van der Waals surface area contributed by atoms with Gasteiger partial charge in [0, 0.05) is 4.47 Å². The van der Waals surface area contributed by atoms with Gasteiger partial charge in [-0.15, -0.1) is 0 Å². The highest BCUT2D eigenvalue weighted by Crippen LogP contribution is 2.27. The number of nitriles is 1. The highest BCUT2D eigenvalue weighted by atomic mass is 79.9. The molecule has 0 aliphatic heterocycles. The number of benzene rings is 1. The van der Waals surface area contributed by atoms with Crippen LogP contribution in [-0.4, -0.2) is 0 Å². The van der Waals surface area contributed by atoms with Crippen LogP contribution in [0.1, 0.15) is 25.8 Å². The topological polar surface area (TPSA) is 23.8 Å². The summed E-state index contributed by atoms with van der Waals surface area (Å²) in [5, 5.41) is 9.05. The zero-order valence-corrected chi connectivity index (χ0v) is 9.43. The molecule has 0 N–H and O–H groups in total. The van der Waals surface area contributed by atoms with Gasteiger partial charge in [-0.05, 0) is 31.0 Å². The maximum Gasteiger partial charge on any atom is 0.0791 e. The Morgan fingerprint density at radius 3 is 2.31 bits per heavy atom. The summed E-state index contributed by atoms with van der Waals surface area (Å²) in [6.07, 6.45) is 0.838. The average molecular weight is 238 g/mol. The summed E-state index contributed by atoms with van der Waals surface area (Å²) >= 11 is 3.37. The second kappa shape index (κ2) is 3.93. The van der Waals surface area contributed by atoms with Gasteiger partial charge in [-0.2, -0.15) is 5.26 Å². The first-order valence-electron chi connectivity index (χ1n) is 4.29. The van der Waals surface area contributed by atoms with Crippen molar-refractivity contribution < 1.29 is 0 Å². The van der Waals surface area contributed by atoms with Crippen LogP contribution in [0, 0.1) is 11.3 Å². The number of nitrogens with zero attached hydrogens (tertiary/aromatic N) is 1. The summed E-state index contributed by atoms with van der Waals surface area (Å²) in [6, 6.07) is 10.3. The van der Waals surface area contributed by atoms with Gasteiger partial charge < -0.3 is 0 Å². The van der Waals surface area contributed by atoms with Crippen molar-refractivity contribution in [2.75, 3.05) is 0 Å². The van der Waals surface area contributed by atoms with Crippen molar-refractivity contribution in [3.8, 4) is 6.07 Å². The van der Waals surface area contributed by atoms with E-state index in [0.717, 1.165) is 16.5 Å². The van der Waals surface area contributed by atoms with Gasteiger partial charge in [-0.1, -0.05) is 35.0 Å². The molecule has 0 saturated carbocycles.